The maximum Gasteiger partial charge on any atom is 0.291 e. The van der Waals surface area contributed by atoms with Gasteiger partial charge in [-0.1, -0.05) is 42.2 Å². The number of hydrogen-bond donors (Lipinski definition) is 0. The number of fused-ring (bicyclic) bond motifs is 1. The lowest BCUT2D eigenvalue weighted by molar-refractivity contribution is 0.339. The first-order valence-corrected chi connectivity index (χ1v) is 9.98. The molecule has 2 aromatic heterocycles. The largest absolute Gasteiger partial charge is 0.493 e. The standard InChI is InChI=1S/C22H19N3O3S/c1-3-13-28-17-11-9-15(10-12-17)20-23-22-25(24-20)21(26)19(29-22)14-16-7-5-6-8-18(16)27-4-2/h3,5-12,14H,1,4,13H2,2H3/b19-14-. The lowest BCUT2D eigenvalue weighted by atomic mass is 10.2. The van der Waals surface area contributed by atoms with Crippen LogP contribution in [0.15, 0.2) is 66.0 Å². The minimum Gasteiger partial charge on any atom is -0.493 e. The fraction of sp³-hybridized carbons (Fsp3) is 0.136. The third-order valence-corrected chi connectivity index (χ3v) is 5.13. The second-order valence-corrected chi connectivity index (χ2v) is 7.15. The van der Waals surface area contributed by atoms with Crippen LogP contribution >= 0.6 is 11.3 Å². The molecule has 2 heterocycles. The molecule has 0 amide bonds. The van der Waals surface area contributed by atoms with E-state index in [2.05, 4.69) is 16.7 Å². The van der Waals surface area contributed by atoms with Crippen LogP contribution in [0.1, 0.15) is 12.5 Å². The summed E-state index contributed by atoms with van der Waals surface area (Å²) in [5.41, 5.74) is 1.48. The monoisotopic (exact) mass is 405 g/mol. The van der Waals surface area contributed by atoms with Crippen molar-refractivity contribution in [1.82, 2.24) is 14.6 Å². The third-order valence-electron chi connectivity index (χ3n) is 4.17. The molecule has 0 spiro atoms. The van der Waals surface area contributed by atoms with Gasteiger partial charge in [0.1, 0.15) is 18.1 Å². The average Bonchev–Trinajstić information content (AvgIpc) is 3.28. The van der Waals surface area contributed by atoms with Gasteiger partial charge in [-0.05, 0) is 43.3 Å². The molecule has 6 nitrogen and oxygen atoms in total. The van der Waals surface area contributed by atoms with Crippen molar-refractivity contribution in [3.63, 3.8) is 0 Å². The SMILES string of the molecule is C=CCOc1ccc(-c2nc3s/c(=C\c4ccccc4OCC)c(=O)n3n2)cc1. The highest BCUT2D eigenvalue weighted by molar-refractivity contribution is 7.15. The predicted octanol–water partition coefficient (Wildman–Crippen LogP) is 3.33. The van der Waals surface area contributed by atoms with Gasteiger partial charge in [0.05, 0.1) is 11.1 Å². The molecule has 2 aromatic carbocycles. The molecule has 0 saturated carbocycles. The molecule has 0 aliphatic rings. The Kier molecular flexibility index (Phi) is 5.39. The van der Waals surface area contributed by atoms with Crippen LogP contribution in [0.25, 0.3) is 22.4 Å². The average molecular weight is 405 g/mol. The first kappa shape index (κ1) is 18.9. The number of para-hydroxylation sites is 1. The number of nitrogens with zero attached hydrogens (tertiary/aromatic N) is 3. The summed E-state index contributed by atoms with van der Waals surface area (Å²) in [6.45, 7) is 6.57. The first-order valence-electron chi connectivity index (χ1n) is 9.17. The van der Waals surface area contributed by atoms with Gasteiger partial charge < -0.3 is 9.47 Å². The van der Waals surface area contributed by atoms with Gasteiger partial charge in [0.15, 0.2) is 5.82 Å². The maximum atomic E-state index is 12.8. The Morgan fingerprint density at radius 2 is 1.93 bits per heavy atom. The van der Waals surface area contributed by atoms with E-state index in [1.807, 2.05) is 61.5 Å². The molecule has 4 rings (SSSR count). The van der Waals surface area contributed by atoms with Gasteiger partial charge in [0.25, 0.3) is 5.56 Å². The van der Waals surface area contributed by atoms with Crippen molar-refractivity contribution in [1.29, 1.82) is 0 Å². The maximum absolute atomic E-state index is 12.8. The minimum atomic E-state index is -0.194. The van der Waals surface area contributed by atoms with Crippen molar-refractivity contribution in [2.24, 2.45) is 0 Å². The van der Waals surface area contributed by atoms with Crippen LogP contribution < -0.4 is 19.6 Å². The summed E-state index contributed by atoms with van der Waals surface area (Å²) in [5, 5.41) is 4.39. The Morgan fingerprint density at radius 1 is 1.14 bits per heavy atom. The molecule has 0 fully saturated rings. The van der Waals surface area contributed by atoms with E-state index in [9.17, 15) is 4.79 Å². The number of ether oxygens (including phenoxy) is 2. The van der Waals surface area contributed by atoms with Crippen molar-refractivity contribution in [2.75, 3.05) is 13.2 Å². The molecule has 0 radical (unpaired) electrons. The summed E-state index contributed by atoms with van der Waals surface area (Å²) in [7, 11) is 0. The molecule has 0 N–H and O–H groups in total. The van der Waals surface area contributed by atoms with E-state index in [1.54, 1.807) is 6.08 Å². The molecule has 0 unspecified atom stereocenters. The molecule has 146 valence electrons. The van der Waals surface area contributed by atoms with Crippen molar-refractivity contribution >= 4 is 22.4 Å². The Labute approximate surface area is 171 Å². The number of thiazole rings is 1. The zero-order chi connectivity index (χ0) is 20.2. The Balaban J connectivity index is 1.68. The highest BCUT2D eigenvalue weighted by atomic mass is 32.1. The van der Waals surface area contributed by atoms with Crippen LogP contribution in [0.3, 0.4) is 0 Å². The molecule has 0 aliphatic carbocycles. The van der Waals surface area contributed by atoms with E-state index >= 15 is 0 Å². The van der Waals surface area contributed by atoms with Crippen molar-refractivity contribution in [3.8, 4) is 22.9 Å². The molecule has 0 atom stereocenters. The normalized spacial score (nSPS) is 11.7. The molecule has 0 saturated heterocycles. The number of aromatic nitrogens is 3. The fourth-order valence-electron chi connectivity index (χ4n) is 2.84. The molecular formula is C22H19N3O3S. The van der Waals surface area contributed by atoms with Gasteiger partial charge in [-0.2, -0.15) is 9.50 Å². The Hall–Kier alpha value is -3.45. The second kappa shape index (κ2) is 8.28. The summed E-state index contributed by atoms with van der Waals surface area (Å²) in [5.74, 6) is 1.99. The zero-order valence-corrected chi connectivity index (χ0v) is 16.7. The van der Waals surface area contributed by atoms with E-state index in [4.69, 9.17) is 9.47 Å². The summed E-state index contributed by atoms with van der Waals surface area (Å²) in [6, 6.07) is 15.0. The van der Waals surface area contributed by atoms with Gasteiger partial charge in [-0.25, -0.2) is 0 Å². The molecule has 0 aliphatic heterocycles. The van der Waals surface area contributed by atoms with Crippen molar-refractivity contribution in [3.05, 3.63) is 81.6 Å². The quantitative estimate of drug-likeness (QED) is 0.441. The summed E-state index contributed by atoms with van der Waals surface area (Å²) in [4.78, 5) is 17.9. The van der Waals surface area contributed by atoms with Crippen molar-refractivity contribution < 1.29 is 9.47 Å². The van der Waals surface area contributed by atoms with Crippen molar-refractivity contribution in [2.45, 2.75) is 6.92 Å². The summed E-state index contributed by atoms with van der Waals surface area (Å²) >= 11 is 1.31. The third kappa shape index (κ3) is 3.90. The molecular weight excluding hydrogens is 386 g/mol. The van der Waals surface area contributed by atoms with Gasteiger partial charge in [-0.3, -0.25) is 4.79 Å². The van der Waals surface area contributed by atoms with E-state index in [1.165, 1.54) is 15.9 Å². The lowest BCUT2D eigenvalue weighted by Crippen LogP contribution is -2.23. The summed E-state index contributed by atoms with van der Waals surface area (Å²) in [6.07, 6.45) is 3.51. The molecule has 4 aromatic rings. The van der Waals surface area contributed by atoms with Crippen LogP contribution in [0.4, 0.5) is 0 Å². The summed E-state index contributed by atoms with van der Waals surface area (Å²) < 4.78 is 13.0. The van der Waals surface area contributed by atoms with E-state index in [0.717, 1.165) is 22.6 Å². The van der Waals surface area contributed by atoms with Gasteiger partial charge in [0, 0.05) is 11.1 Å². The minimum absolute atomic E-state index is 0.194. The number of benzene rings is 2. The van der Waals surface area contributed by atoms with Crippen LogP contribution in [0.2, 0.25) is 0 Å². The molecule has 0 bridgehead atoms. The smallest absolute Gasteiger partial charge is 0.291 e. The Morgan fingerprint density at radius 3 is 2.66 bits per heavy atom. The fourth-order valence-corrected chi connectivity index (χ4v) is 3.74. The number of rotatable bonds is 7. The molecule has 7 heteroatoms. The van der Waals surface area contributed by atoms with E-state index < -0.39 is 0 Å². The van der Waals surface area contributed by atoms with E-state index in [-0.39, 0.29) is 5.56 Å². The highest BCUT2D eigenvalue weighted by Crippen LogP contribution is 2.21. The lowest BCUT2D eigenvalue weighted by Gasteiger charge is -2.05. The van der Waals surface area contributed by atoms with E-state index in [0.29, 0.717) is 28.5 Å². The highest BCUT2D eigenvalue weighted by Gasteiger charge is 2.12. The topological polar surface area (TPSA) is 65.7 Å². The first-order chi connectivity index (χ1) is 14.2. The van der Waals surface area contributed by atoms with Gasteiger partial charge in [-0.15, -0.1) is 5.10 Å². The van der Waals surface area contributed by atoms with Crippen LogP contribution in [0.5, 0.6) is 11.5 Å². The van der Waals surface area contributed by atoms with Crippen LogP contribution in [-0.2, 0) is 0 Å². The predicted molar refractivity (Wildman–Crippen MR) is 115 cm³/mol. The van der Waals surface area contributed by atoms with Crippen LogP contribution in [0, 0.1) is 0 Å². The zero-order valence-electron chi connectivity index (χ0n) is 15.9. The number of hydrogen-bond acceptors (Lipinski definition) is 6. The molecule has 29 heavy (non-hydrogen) atoms. The van der Waals surface area contributed by atoms with Gasteiger partial charge in [0.2, 0.25) is 4.96 Å². The second-order valence-electron chi connectivity index (χ2n) is 6.14. The Bertz CT molecular complexity index is 1260. The van der Waals surface area contributed by atoms with Crippen LogP contribution in [-0.4, -0.2) is 27.8 Å². The van der Waals surface area contributed by atoms with Gasteiger partial charge >= 0.3 is 0 Å².